The Morgan fingerprint density at radius 3 is 3.08 bits per heavy atom. The van der Waals surface area contributed by atoms with Crippen molar-refractivity contribution in [2.45, 2.75) is 25.4 Å². The van der Waals surface area contributed by atoms with E-state index in [2.05, 4.69) is 16.0 Å². The summed E-state index contributed by atoms with van der Waals surface area (Å²) in [6.07, 6.45) is 4.09. The zero-order valence-electron chi connectivity index (χ0n) is 13.9. The minimum absolute atomic E-state index is 0.0182. The first kappa shape index (κ1) is 16.7. The molecule has 2 N–H and O–H groups in total. The minimum Gasteiger partial charge on any atom is -0.393 e. The van der Waals surface area contributed by atoms with Crippen molar-refractivity contribution in [1.29, 1.82) is 0 Å². The normalized spacial score (nSPS) is 21.0. The maximum Gasteiger partial charge on any atom is 0.228 e. The molecule has 1 saturated heterocycles. The number of carbonyl (C=O) groups is 1. The molecule has 1 aromatic heterocycles. The summed E-state index contributed by atoms with van der Waals surface area (Å²) in [5, 5.41) is 9.95. The molecule has 0 saturated carbocycles. The topological polar surface area (TPSA) is 78.5 Å². The number of aromatic amines is 1. The summed E-state index contributed by atoms with van der Waals surface area (Å²) in [5.74, 6) is 0.0182. The lowest BCUT2D eigenvalue weighted by Gasteiger charge is -2.42. The van der Waals surface area contributed by atoms with Crippen molar-refractivity contribution in [2.24, 2.45) is 0 Å². The number of hydrogen-bond acceptors (Lipinski definition) is 4. The van der Waals surface area contributed by atoms with Crippen molar-refractivity contribution in [3.8, 4) is 0 Å². The summed E-state index contributed by atoms with van der Waals surface area (Å²) in [7, 11) is 0. The predicted molar refractivity (Wildman–Crippen MR) is 89.5 cm³/mol. The van der Waals surface area contributed by atoms with Gasteiger partial charge in [0.15, 0.2) is 0 Å². The number of H-pyrrole nitrogens is 1. The van der Waals surface area contributed by atoms with Crippen LogP contribution >= 0.6 is 0 Å². The molecule has 2 heterocycles. The number of aliphatic hydroxyl groups excluding tert-OH is 1. The van der Waals surface area contributed by atoms with Crippen LogP contribution in [0.25, 0.3) is 0 Å². The van der Waals surface area contributed by atoms with Gasteiger partial charge in [0.2, 0.25) is 5.91 Å². The molecule has 1 aliphatic rings. The number of hydrogen-bond donors (Lipinski definition) is 2. The molecule has 0 aliphatic carbocycles. The van der Waals surface area contributed by atoms with Crippen LogP contribution in [0, 0.1) is 6.92 Å². The average Bonchev–Trinajstić information content (AvgIpc) is 3.08. The maximum atomic E-state index is 12.5. The van der Waals surface area contributed by atoms with E-state index in [1.165, 1.54) is 5.56 Å². The van der Waals surface area contributed by atoms with Crippen molar-refractivity contribution in [3.63, 3.8) is 0 Å². The first-order chi connectivity index (χ1) is 11.6. The summed E-state index contributed by atoms with van der Waals surface area (Å²) >= 11 is 0. The second-order valence-electron chi connectivity index (χ2n) is 6.42. The monoisotopic (exact) mass is 329 g/mol. The molecule has 1 fully saturated rings. The average molecular weight is 329 g/mol. The number of nitrogens with zero attached hydrogens (tertiary/aromatic N) is 2. The fourth-order valence-corrected chi connectivity index (χ4v) is 3.17. The van der Waals surface area contributed by atoms with Gasteiger partial charge in [0.25, 0.3) is 0 Å². The smallest absolute Gasteiger partial charge is 0.228 e. The van der Waals surface area contributed by atoms with Crippen LogP contribution in [0.4, 0.5) is 0 Å². The summed E-state index contributed by atoms with van der Waals surface area (Å²) in [4.78, 5) is 21.2. The molecule has 0 spiro atoms. The molecule has 0 radical (unpaired) electrons. The molecule has 1 atom stereocenters. The van der Waals surface area contributed by atoms with Gasteiger partial charge in [-0.25, -0.2) is 4.98 Å². The van der Waals surface area contributed by atoms with Crippen molar-refractivity contribution in [1.82, 2.24) is 14.9 Å². The molecule has 6 nitrogen and oxygen atoms in total. The lowest BCUT2D eigenvalue weighted by atomic mass is 9.92. The number of imidazole rings is 1. The van der Waals surface area contributed by atoms with Gasteiger partial charge in [-0.3, -0.25) is 4.79 Å². The highest BCUT2D eigenvalue weighted by atomic mass is 16.5. The van der Waals surface area contributed by atoms with Gasteiger partial charge in [-0.1, -0.05) is 29.8 Å². The number of benzene rings is 1. The van der Waals surface area contributed by atoms with E-state index in [-0.39, 0.29) is 18.9 Å². The van der Waals surface area contributed by atoms with Crippen LogP contribution in [0.3, 0.4) is 0 Å². The van der Waals surface area contributed by atoms with Crippen molar-refractivity contribution in [2.75, 3.05) is 26.3 Å². The first-order valence-electron chi connectivity index (χ1n) is 8.16. The Hall–Kier alpha value is -2.18. The second kappa shape index (κ2) is 7.15. The van der Waals surface area contributed by atoms with Gasteiger partial charge in [0.05, 0.1) is 32.5 Å². The molecular formula is C18H23N3O3. The third kappa shape index (κ3) is 3.83. The van der Waals surface area contributed by atoms with E-state index in [1.54, 1.807) is 17.4 Å². The van der Waals surface area contributed by atoms with E-state index in [4.69, 9.17) is 4.74 Å². The predicted octanol–water partition coefficient (Wildman–Crippen LogP) is 1.09. The number of nitrogens with one attached hydrogen (secondary N) is 1. The van der Waals surface area contributed by atoms with E-state index >= 15 is 0 Å². The molecule has 1 aliphatic heterocycles. The number of rotatable bonds is 5. The van der Waals surface area contributed by atoms with Crippen LogP contribution < -0.4 is 0 Å². The maximum absolute atomic E-state index is 12.5. The number of morpholine rings is 1. The van der Waals surface area contributed by atoms with E-state index in [0.717, 1.165) is 11.3 Å². The van der Waals surface area contributed by atoms with E-state index in [0.29, 0.717) is 26.1 Å². The second-order valence-corrected chi connectivity index (χ2v) is 6.42. The summed E-state index contributed by atoms with van der Waals surface area (Å²) < 4.78 is 5.91. The van der Waals surface area contributed by atoms with Crippen molar-refractivity contribution < 1.29 is 14.6 Å². The van der Waals surface area contributed by atoms with Crippen LogP contribution in [0.1, 0.15) is 16.8 Å². The zero-order chi connectivity index (χ0) is 17.0. The molecule has 0 unspecified atom stereocenters. The van der Waals surface area contributed by atoms with Gasteiger partial charge >= 0.3 is 0 Å². The number of ether oxygens (including phenoxy) is 1. The number of amides is 1. The van der Waals surface area contributed by atoms with Crippen LogP contribution in [0.2, 0.25) is 0 Å². The highest BCUT2D eigenvalue weighted by molar-refractivity contribution is 5.78. The quantitative estimate of drug-likeness (QED) is 0.861. The first-order valence-corrected chi connectivity index (χ1v) is 8.16. The molecule has 1 aromatic carbocycles. The van der Waals surface area contributed by atoms with Gasteiger partial charge in [-0.2, -0.15) is 0 Å². The highest BCUT2D eigenvalue weighted by Crippen LogP contribution is 2.24. The number of aryl methyl sites for hydroxylation is 1. The largest absolute Gasteiger partial charge is 0.393 e. The Kier molecular flexibility index (Phi) is 4.97. The Morgan fingerprint density at radius 1 is 1.50 bits per heavy atom. The Balaban J connectivity index is 1.70. The van der Waals surface area contributed by atoms with Crippen molar-refractivity contribution in [3.05, 3.63) is 53.6 Å². The van der Waals surface area contributed by atoms with Crippen LogP contribution in [0.5, 0.6) is 0 Å². The van der Waals surface area contributed by atoms with E-state index in [1.807, 2.05) is 25.1 Å². The third-order valence-electron chi connectivity index (χ3n) is 4.39. The van der Waals surface area contributed by atoms with Crippen LogP contribution in [-0.2, 0) is 22.4 Å². The lowest BCUT2D eigenvalue weighted by molar-refractivity contribution is -0.157. The fraction of sp³-hybridized carbons (Fsp3) is 0.444. The lowest BCUT2D eigenvalue weighted by Crippen LogP contribution is -2.57. The highest BCUT2D eigenvalue weighted by Gasteiger charge is 2.38. The fourth-order valence-electron chi connectivity index (χ4n) is 3.17. The van der Waals surface area contributed by atoms with Crippen molar-refractivity contribution >= 4 is 5.91 Å². The standard InChI is InChI=1S/C18H23N3O3/c1-14-3-2-4-15(7-14)9-18(12-22)11-21(5-6-24-18)17(23)8-16-10-19-13-20-16/h2-4,7,10,13,22H,5-6,8-9,11-12H2,1H3,(H,19,20)/t18-/m1/s1. The van der Waals surface area contributed by atoms with Crippen LogP contribution in [-0.4, -0.2) is 57.8 Å². The number of aliphatic hydroxyl groups is 1. The van der Waals surface area contributed by atoms with Gasteiger partial charge in [0, 0.05) is 24.9 Å². The zero-order valence-corrected chi connectivity index (χ0v) is 13.9. The molecular weight excluding hydrogens is 306 g/mol. The molecule has 1 amide bonds. The number of carbonyl (C=O) groups excluding carboxylic acids is 1. The molecule has 3 rings (SSSR count). The van der Waals surface area contributed by atoms with Gasteiger partial charge in [-0.15, -0.1) is 0 Å². The molecule has 24 heavy (non-hydrogen) atoms. The molecule has 128 valence electrons. The summed E-state index contributed by atoms with van der Waals surface area (Å²) in [6.45, 7) is 3.29. The molecule has 2 aromatic rings. The van der Waals surface area contributed by atoms with Gasteiger partial charge in [-0.05, 0) is 12.5 Å². The third-order valence-corrected chi connectivity index (χ3v) is 4.39. The molecule has 0 bridgehead atoms. The minimum atomic E-state index is -0.740. The summed E-state index contributed by atoms with van der Waals surface area (Å²) in [6, 6.07) is 8.15. The molecule has 6 heteroatoms. The SMILES string of the molecule is Cc1cccc(C[C@]2(CO)CN(C(=O)Cc3cnc[nH]3)CCO2)c1. The number of aromatic nitrogens is 2. The van der Waals surface area contributed by atoms with Gasteiger partial charge in [0.1, 0.15) is 5.60 Å². The summed E-state index contributed by atoms with van der Waals surface area (Å²) in [5.41, 5.74) is 2.32. The van der Waals surface area contributed by atoms with Crippen LogP contribution in [0.15, 0.2) is 36.8 Å². The Bertz CT molecular complexity index is 687. The Labute approximate surface area is 141 Å². The Morgan fingerprint density at radius 2 is 2.38 bits per heavy atom. The van der Waals surface area contributed by atoms with E-state index in [9.17, 15) is 9.90 Å². The van der Waals surface area contributed by atoms with E-state index < -0.39 is 5.60 Å². The van der Waals surface area contributed by atoms with Gasteiger partial charge < -0.3 is 19.7 Å².